The highest BCUT2D eigenvalue weighted by Gasteiger charge is 2.19. The van der Waals surface area contributed by atoms with E-state index < -0.39 is 22.9 Å². The van der Waals surface area contributed by atoms with Gasteiger partial charge in [-0.05, 0) is 53.9 Å². The predicted octanol–water partition coefficient (Wildman–Crippen LogP) is 4.57. The summed E-state index contributed by atoms with van der Waals surface area (Å²) in [7, 11) is 0. The standard InChI is InChI=1S/C26H19ClF2N4O2/c27-19-7-9-20(10-8-19)33-24-23(31(16-30-24)15-18-6-11-21(28)22(29)14-18)25(34)32(26(33)35)13-12-17-4-2-1-3-5-17/h1-11,14,16H,12-13,15H2. The minimum absolute atomic E-state index is 0.0699. The van der Waals surface area contributed by atoms with Crippen molar-refractivity contribution in [2.45, 2.75) is 19.5 Å². The number of halogens is 3. The molecule has 0 saturated carbocycles. The van der Waals surface area contributed by atoms with Crippen LogP contribution in [0.15, 0.2) is 88.7 Å². The zero-order valence-electron chi connectivity index (χ0n) is 18.4. The Hall–Kier alpha value is -4.04. The van der Waals surface area contributed by atoms with Crippen LogP contribution in [-0.4, -0.2) is 18.7 Å². The van der Waals surface area contributed by atoms with Crippen molar-refractivity contribution in [2.24, 2.45) is 0 Å². The van der Waals surface area contributed by atoms with E-state index in [2.05, 4.69) is 4.98 Å². The molecule has 6 nitrogen and oxygen atoms in total. The zero-order valence-corrected chi connectivity index (χ0v) is 19.1. The average Bonchev–Trinajstić information content (AvgIpc) is 3.26. The maximum absolute atomic E-state index is 13.8. The van der Waals surface area contributed by atoms with E-state index in [1.165, 1.54) is 26.1 Å². The number of hydrogen-bond acceptors (Lipinski definition) is 3. The van der Waals surface area contributed by atoms with Crippen molar-refractivity contribution >= 4 is 22.8 Å². The molecular weight excluding hydrogens is 474 g/mol. The first-order valence-corrected chi connectivity index (χ1v) is 11.2. The molecule has 0 amide bonds. The molecule has 9 heteroatoms. The van der Waals surface area contributed by atoms with Crippen LogP contribution in [0.5, 0.6) is 0 Å². The molecule has 0 aliphatic carbocycles. The van der Waals surface area contributed by atoms with Crippen molar-refractivity contribution in [2.75, 3.05) is 0 Å². The van der Waals surface area contributed by atoms with Crippen LogP contribution in [0.2, 0.25) is 5.02 Å². The second kappa shape index (κ2) is 9.31. The van der Waals surface area contributed by atoms with Crippen LogP contribution in [0.1, 0.15) is 11.1 Å². The van der Waals surface area contributed by atoms with Gasteiger partial charge < -0.3 is 4.57 Å². The Bertz CT molecular complexity index is 1640. The largest absolute Gasteiger partial charge is 0.337 e. The minimum Gasteiger partial charge on any atom is -0.320 e. The van der Waals surface area contributed by atoms with Crippen molar-refractivity contribution in [3.63, 3.8) is 0 Å². The number of aryl methyl sites for hydroxylation is 1. The Balaban J connectivity index is 1.68. The van der Waals surface area contributed by atoms with Gasteiger partial charge in [-0.2, -0.15) is 0 Å². The summed E-state index contributed by atoms with van der Waals surface area (Å²) < 4.78 is 31.2. The van der Waals surface area contributed by atoms with E-state index >= 15 is 0 Å². The lowest BCUT2D eigenvalue weighted by Crippen LogP contribution is -2.40. The van der Waals surface area contributed by atoms with Gasteiger partial charge in [0.1, 0.15) is 0 Å². The van der Waals surface area contributed by atoms with E-state index in [0.717, 1.165) is 17.7 Å². The van der Waals surface area contributed by atoms with Gasteiger partial charge >= 0.3 is 5.69 Å². The first-order valence-electron chi connectivity index (χ1n) is 10.9. The molecule has 0 bridgehead atoms. The molecule has 0 radical (unpaired) electrons. The van der Waals surface area contributed by atoms with E-state index in [1.54, 1.807) is 24.3 Å². The lowest BCUT2D eigenvalue weighted by atomic mass is 10.1. The molecule has 0 fully saturated rings. The Kier molecular flexibility index (Phi) is 6.05. The zero-order chi connectivity index (χ0) is 24.5. The molecule has 0 aliphatic heterocycles. The normalized spacial score (nSPS) is 11.3. The maximum Gasteiger partial charge on any atom is 0.337 e. The van der Waals surface area contributed by atoms with Crippen LogP contribution in [0, 0.1) is 11.6 Å². The van der Waals surface area contributed by atoms with Gasteiger partial charge in [0.25, 0.3) is 5.56 Å². The Labute approximate surface area is 203 Å². The summed E-state index contributed by atoms with van der Waals surface area (Å²) >= 11 is 6.03. The molecule has 3 aromatic carbocycles. The van der Waals surface area contributed by atoms with Crippen LogP contribution in [-0.2, 0) is 19.5 Å². The molecule has 0 N–H and O–H groups in total. The minimum atomic E-state index is -0.981. The van der Waals surface area contributed by atoms with Gasteiger partial charge in [0.2, 0.25) is 0 Å². The fourth-order valence-electron chi connectivity index (χ4n) is 4.04. The molecule has 0 aliphatic rings. The summed E-state index contributed by atoms with van der Waals surface area (Å²) in [5.74, 6) is -1.94. The summed E-state index contributed by atoms with van der Waals surface area (Å²) in [6.07, 6.45) is 1.89. The van der Waals surface area contributed by atoms with Gasteiger partial charge in [0, 0.05) is 18.1 Å². The maximum atomic E-state index is 13.8. The highest BCUT2D eigenvalue weighted by molar-refractivity contribution is 6.30. The highest BCUT2D eigenvalue weighted by Crippen LogP contribution is 2.18. The molecule has 0 unspecified atom stereocenters. The third-order valence-corrected chi connectivity index (χ3v) is 6.04. The molecule has 176 valence electrons. The van der Waals surface area contributed by atoms with Crippen LogP contribution < -0.4 is 11.2 Å². The van der Waals surface area contributed by atoms with Crippen molar-refractivity contribution in [1.29, 1.82) is 0 Å². The van der Waals surface area contributed by atoms with E-state index in [9.17, 15) is 18.4 Å². The number of aromatic nitrogens is 4. The van der Waals surface area contributed by atoms with Crippen LogP contribution >= 0.6 is 11.6 Å². The number of nitrogens with zero attached hydrogens (tertiary/aromatic N) is 4. The molecule has 2 aromatic heterocycles. The number of fused-ring (bicyclic) bond motifs is 1. The van der Waals surface area contributed by atoms with Crippen LogP contribution in [0.4, 0.5) is 8.78 Å². The summed E-state index contributed by atoms with van der Waals surface area (Å²) in [5.41, 5.74) is 1.23. The summed E-state index contributed by atoms with van der Waals surface area (Å²) in [4.78, 5) is 31.4. The van der Waals surface area contributed by atoms with Gasteiger partial charge in [0.05, 0.1) is 12.0 Å². The van der Waals surface area contributed by atoms with Crippen molar-refractivity contribution in [3.8, 4) is 5.69 Å². The topological polar surface area (TPSA) is 61.8 Å². The molecule has 5 aromatic rings. The summed E-state index contributed by atoms with van der Waals surface area (Å²) in [5, 5.41) is 0.499. The van der Waals surface area contributed by atoms with Crippen molar-refractivity contribution < 1.29 is 8.78 Å². The number of imidazole rings is 1. The van der Waals surface area contributed by atoms with Crippen LogP contribution in [0.25, 0.3) is 16.9 Å². The predicted molar refractivity (Wildman–Crippen MR) is 130 cm³/mol. The molecule has 35 heavy (non-hydrogen) atoms. The molecule has 0 atom stereocenters. The Morgan fingerprint density at radius 1 is 0.857 bits per heavy atom. The summed E-state index contributed by atoms with van der Waals surface area (Å²) in [6.45, 7) is 0.224. The molecule has 5 rings (SSSR count). The Morgan fingerprint density at radius 3 is 2.31 bits per heavy atom. The van der Waals surface area contributed by atoms with Crippen molar-refractivity contribution in [3.05, 3.63) is 128 Å². The van der Waals surface area contributed by atoms with E-state index in [4.69, 9.17) is 11.6 Å². The SMILES string of the molecule is O=c1c2c(ncn2Cc2ccc(F)c(F)c2)n(-c2ccc(Cl)cc2)c(=O)n1CCc1ccccc1. The first-order chi connectivity index (χ1) is 16.9. The first kappa shape index (κ1) is 22.7. The third-order valence-electron chi connectivity index (χ3n) is 5.79. The van der Waals surface area contributed by atoms with Gasteiger partial charge in [-0.15, -0.1) is 0 Å². The molecular formula is C26H19ClF2N4O2. The van der Waals surface area contributed by atoms with Gasteiger partial charge in [-0.3, -0.25) is 9.36 Å². The van der Waals surface area contributed by atoms with E-state index in [0.29, 0.717) is 22.7 Å². The fourth-order valence-corrected chi connectivity index (χ4v) is 4.17. The van der Waals surface area contributed by atoms with E-state index in [-0.39, 0.29) is 24.3 Å². The lowest BCUT2D eigenvalue weighted by Gasteiger charge is -2.13. The number of rotatable bonds is 6. The van der Waals surface area contributed by atoms with Crippen molar-refractivity contribution in [1.82, 2.24) is 18.7 Å². The molecule has 2 heterocycles. The highest BCUT2D eigenvalue weighted by atomic mass is 35.5. The smallest absolute Gasteiger partial charge is 0.320 e. The van der Waals surface area contributed by atoms with E-state index in [1.807, 2.05) is 30.3 Å². The monoisotopic (exact) mass is 492 g/mol. The Morgan fingerprint density at radius 2 is 1.60 bits per heavy atom. The second-order valence-electron chi connectivity index (χ2n) is 8.08. The average molecular weight is 493 g/mol. The summed E-state index contributed by atoms with van der Waals surface area (Å²) in [6, 6.07) is 19.7. The van der Waals surface area contributed by atoms with Gasteiger partial charge in [-0.1, -0.05) is 48.0 Å². The number of hydrogen-bond donors (Lipinski definition) is 0. The molecule has 0 saturated heterocycles. The van der Waals surface area contributed by atoms with Crippen LogP contribution in [0.3, 0.4) is 0 Å². The second-order valence-corrected chi connectivity index (χ2v) is 8.52. The van der Waals surface area contributed by atoms with Gasteiger partial charge in [0.15, 0.2) is 22.8 Å². The quantitative estimate of drug-likeness (QED) is 0.349. The molecule has 0 spiro atoms. The third kappa shape index (κ3) is 4.40. The van der Waals surface area contributed by atoms with Gasteiger partial charge in [-0.25, -0.2) is 23.1 Å². The lowest BCUT2D eigenvalue weighted by molar-refractivity contribution is 0.506. The number of benzene rings is 3. The fraction of sp³-hybridized carbons (Fsp3) is 0.115.